The molecule has 0 aliphatic rings. The summed E-state index contributed by atoms with van der Waals surface area (Å²) in [6.45, 7) is 2.09. The van der Waals surface area contributed by atoms with Gasteiger partial charge in [-0.25, -0.2) is 4.98 Å². The minimum absolute atomic E-state index is 0.170. The van der Waals surface area contributed by atoms with Crippen LogP contribution in [0.2, 0.25) is 0 Å². The molecule has 1 N–H and O–H groups in total. The molecular weight excluding hydrogens is 380 g/mol. The maximum Gasteiger partial charge on any atom is 0.257 e. The van der Waals surface area contributed by atoms with Crippen molar-refractivity contribution in [3.63, 3.8) is 0 Å². The molecule has 1 amide bonds. The van der Waals surface area contributed by atoms with Crippen molar-refractivity contribution in [2.75, 3.05) is 25.3 Å². The number of carbonyl (C=O) groups excluding carboxylic acids is 1. The lowest BCUT2D eigenvalue weighted by Gasteiger charge is -2.08. The number of aromatic nitrogens is 1. The van der Waals surface area contributed by atoms with Gasteiger partial charge in [0.2, 0.25) is 0 Å². The Balaban J connectivity index is 1.78. The van der Waals surface area contributed by atoms with Gasteiger partial charge in [-0.1, -0.05) is 13.0 Å². The maximum atomic E-state index is 12.5. The van der Waals surface area contributed by atoms with E-state index in [1.165, 1.54) is 11.3 Å². The van der Waals surface area contributed by atoms with E-state index in [9.17, 15) is 4.79 Å². The second-order valence-electron chi connectivity index (χ2n) is 5.52. The van der Waals surface area contributed by atoms with Gasteiger partial charge in [0.1, 0.15) is 11.5 Å². The van der Waals surface area contributed by atoms with Crippen molar-refractivity contribution in [2.24, 2.45) is 0 Å². The van der Waals surface area contributed by atoms with Gasteiger partial charge in [-0.05, 0) is 36.1 Å². The third-order valence-corrected chi connectivity index (χ3v) is 5.45. The van der Waals surface area contributed by atoms with Crippen molar-refractivity contribution in [3.8, 4) is 22.8 Å². The fourth-order valence-corrected chi connectivity index (χ4v) is 3.95. The van der Waals surface area contributed by atoms with Crippen LogP contribution in [-0.4, -0.2) is 30.9 Å². The van der Waals surface area contributed by atoms with Gasteiger partial charge in [0.25, 0.3) is 5.91 Å². The Labute approximate surface area is 166 Å². The molecule has 0 unspecified atom stereocenters. The minimum Gasteiger partial charge on any atom is -0.497 e. The van der Waals surface area contributed by atoms with Gasteiger partial charge in [-0.3, -0.25) is 10.1 Å². The highest BCUT2D eigenvalue weighted by atomic mass is 32.2. The molecule has 0 saturated carbocycles. The van der Waals surface area contributed by atoms with E-state index in [2.05, 4.69) is 17.2 Å². The first-order valence-electron chi connectivity index (χ1n) is 8.36. The summed E-state index contributed by atoms with van der Waals surface area (Å²) in [6, 6.07) is 13.1. The average Bonchev–Trinajstić information content (AvgIpc) is 3.16. The Kier molecular flexibility index (Phi) is 6.36. The fraction of sp³-hybridized carbons (Fsp3) is 0.200. The van der Waals surface area contributed by atoms with Gasteiger partial charge in [0.15, 0.2) is 5.13 Å². The van der Waals surface area contributed by atoms with Crippen LogP contribution in [0.5, 0.6) is 11.5 Å². The van der Waals surface area contributed by atoms with Crippen LogP contribution >= 0.6 is 23.1 Å². The summed E-state index contributed by atoms with van der Waals surface area (Å²) in [5, 5.41) is 5.31. The molecule has 1 aromatic heterocycles. The third-order valence-electron chi connectivity index (χ3n) is 3.82. The molecule has 0 saturated heterocycles. The molecule has 3 aromatic rings. The lowest BCUT2D eigenvalue weighted by molar-refractivity contribution is 0.102. The van der Waals surface area contributed by atoms with Crippen LogP contribution in [0.15, 0.2) is 52.7 Å². The van der Waals surface area contributed by atoms with Crippen molar-refractivity contribution in [1.29, 1.82) is 0 Å². The van der Waals surface area contributed by atoms with Crippen LogP contribution in [0, 0.1) is 0 Å². The molecule has 1 heterocycles. The van der Waals surface area contributed by atoms with Crippen molar-refractivity contribution >= 4 is 34.1 Å². The molecule has 0 radical (unpaired) electrons. The van der Waals surface area contributed by atoms with E-state index in [0.29, 0.717) is 22.2 Å². The molecule has 0 aliphatic carbocycles. The predicted octanol–water partition coefficient (Wildman–Crippen LogP) is 5.19. The summed E-state index contributed by atoms with van der Waals surface area (Å²) in [5.41, 5.74) is 2.20. The Morgan fingerprint density at radius 3 is 2.78 bits per heavy atom. The molecule has 27 heavy (non-hydrogen) atoms. The predicted molar refractivity (Wildman–Crippen MR) is 111 cm³/mol. The largest absolute Gasteiger partial charge is 0.497 e. The summed E-state index contributed by atoms with van der Waals surface area (Å²) >= 11 is 3.08. The quantitative estimate of drug-likeness (QED) is 0.553. The number of methoxy groups -OCH3 is 2. The van der Waals surface area contributed by atoms with Crippen molar-refractivity contribution < 1.29 is 14.3 Å². The van der Waals surface area contributed by atoms with Crippen LogP contribution in [0.1, 0.15) is 17.3 Å². The molecule has 0 atom stereocenters. The van der Waals surface area contributed by atoms with Gasteiger partial charge in [-0.2, -0.15) is 0 Å². The summed E-state index contributed by atoms with van der Waals surface area (Å²) in [5.74, 6) is 2.17. The van der Waals surface area contributed by atoms with Gasteiger partial charge in [0, 0.05) is 27.5 Å². The number of carbonyl (C=O) groups is 1. The standard InChI is InChI=1S/C20H20N2O3S2/c1-4-26-15-7-5-6-13(10-15)19(23)22-20-21-17(12-27-20)16-9-8-14(24-2)11-18(16)25-3/h5-12H,4H2,1-3H3,(H,21,22,23). The van der Waals surface area contributed by atoms with Crippen molar-refractivity contribution in [2.45, 2.75) is 11.8 Å². The number of nitrogens with zero attached hydrogens (tertiary/aromatic N) is 1. The van der Waals surface area contributed by atoms with Crippen LogP contribution in [0.4, 0.5) is 5.13 Å². The molecule has 2 aromatic carbocycles. The normalized spacial score (nSPS) is 10.5. The van der Waals surface area contributed by atoms with E-state index in [4.69, 9.17) is 9.47 Å². The zero-order valence-electron chi connectivity index (χ0n) is 15.3. The second kappa shape index (κ2) is 8.92. The van der Waals surface area contributed by atoms with Gasteiger partial charge >= 0.3 is 0 Å². The van der Waals surface area contributed by atoms with E-state index in [0.717, 1.165) is 21.9 Å². The Morgan fingerprint density at radius 1 is 1.19 bits per heavy atom. The van der Waals surface area contributed by atoms with E-state index in [1.54, 1.807) is 32.0 Å². The van der Waals surface area contributed by atoms with Crippen molar-refractivity contribution in [1.82, 2.24) is 4.98 Å². The first-order chi connectivity index (χ1) is 13.1. The molecule has 0 aliphatic heterocycles. The Bertz CT molecular complexity index is 940. The number of hydrogen-bond acceptors (Lipinski definition) is 6. The lowest BCUT2D eigenvalue weighted by atomic mass is 10.1. The van der Waals surface area contributed by atoms with E-state index in [1.807, 2.05) is 41.8 Å². The number of benzene rings is 2. The van der Waals surface area contributed by atoms with E-state index < -0.39 is 0 Å². The minimum atomic E-state index is -0.170. The Hall–Kier alpha value is -2.51. The van der Waals surface area contributed by atoms with Crippen LogP contribution in [-0.2, 0) is 0 Å². The topological polar surface area (TPSA) is 60.5 Å². The third kappa shape index (κ3) is 4.61. The van der Waals surface area contributed by atoms with E-state index >= 15 is 0 Å². The number of thioether (sulfide) groups is 1. The van der Waals surface area contributed by atoms with Crippen LogP contribution < -0.4 is 14.8 Å². The lowest BCUT2D eigenvalue weighted by Crippen LogP contribution is -2.11. The number of rotatable bonds is 7. The van der Waals surface area contributed by atoms with Gasteiger partial charge in [-0.15, -0.1) is 23.1 Å². The summed E-state index contributed by atoms with van der Waals surface area (Å²) < 4.78 is 10.7. The van der Waals surface area contributed by atoms with Crippen LogP contribution in [0.3, 0.4) is 0 Å². The summed E-state index contributed by atoms with van der Waals surface area (Å²) in [6.07, 6.45) is 0. The first-order valence-corrected chi connectivity index (χ1v) is 10.2. The molecule has 3 rings (SSSR count). The highest BCUT2D eigenvalue weighted by Gasteiger charge is 2.14. The zero-order chi connectivity index (χ0) is 19.2. The molecule has 7 heteroatoms. The summed E-state index contributed by atoms with van der Waals surface area (Å²) in [4.78, 5) is 18.1. The number of hydrogen-bond donors (Lipinski definition) is 1. The maximum absolute atomic E-state index is 12.5. The molecule has 140 valence electrons. The van der Waals surface area contributed by atoms with Crippen LogP contribution in [0.25, 0.3) is 11.3 Å². The molecule has 0 fully saturated rings. The number of thiazole rings is 1. The fourth-order valence-electron chi connectivity index (χ4n) is 2.53. The highest BCUT2D eigenvalue weighted by molar-refractivity contribution is 7.99. The number of amides is 1. The monoisotopic (exact) mass is 400 g/mol. The average molecular weight is 401 g/mol. The van der Waals surface area contributed by atoms with Crippen molar-refractivity contribution in [3.05, 3.63) is 53.4 Å². The first kappa shape index (κ1) is 19.3. The van der Waals surface area contributed by atoms with Gasteiger partial charge < -0.3 is 9.47 Å². The highest BCUT2D eigenvalue weighted by Crippen LogP contribution is 2.35. The SMILES string of the molecule is CCSc1cccc(C(=O)Nc2nc(-c3ccc(OC)cc3OC)cs2)c1. The Morgan fingerprint density at radius 2 is 2.04 bits per heavy atom. The molecule has 0 spiro atoms. The number of ether oxygens (including phenoxy) is 2. The van der Waals surface area contributed by atoms with Gasteiger partial charge in [0.05, 0.1) is 19.9 Å². The molecule has 5 nitrogen and oxygen atoms in total. The number of anilines is 1. The summed E-state index contributed by atoms with van der Waals surface area (Å²) in [7, 11) is 3.22. The second-order valence-corrected chi connectivity index (χ2v) is 7.71. The smallest absolute Gasteiger partial charge is 0.257 e. The zero-order valence-corrected chi connectivity index (χ0v) is 16.9. The van der Waals surface area contributed by atoms with E-state index in [-0.39, 0.29) is 5.91 Å². The number of nitrogens with one attached hydrogen (secondary N) is 1. The molecular formula is C20H20N2O3S2. The molecule has 0 bridgehead atoms.